The summed E-state index contributed by atoms with van der Waals surface area (Å²) in [5, 5.41) is 8.61. The highest BCUT2D eigenvalue weighted by molar-refractivity contribution is 6.27. The van der Waals surface area contributed by atoms with Gasteiger partial charge < -0.3 is 18.6 Å². The third kappa shape index (κ3) is 5.52. The summed E-state index contributed by atoms with van der Waals surface area (Å²) in [5.41, 5.74) is 15.0. The van der Waals surface area contributed by atoms with Crippen LogP contribution in [0.5, 0.6) is 0 Å². The van der Waals surface area contributed by atoms with Gasteiger partial charge in [0, 0.05) is 61.1 Å². The summed E-state index contributed by atoms with van der Waals surface area (Å²) in [6, 6.07) is 61.3. The molecule has 0 N–H and O–H groups in total. The van der Waals surface area contributed by atoms with Crippen molar-refractivity contribution in [2.24, 2.45) is 0 Å². The fourth-order valence-electron chi connectivity index (χ4n) is 8.59. The topological polar surface area (TPSA) is 32.8 Å². The molecule has 0 aliphatic carbocycles. The van der Waals surface area contributed by atoms with Gasteiger partial charge in [-0.05, 0) is 148 Å². The summed E-state index contributed by atoms with van der Waals surface area (Å²) in [6.45, 7) is 8.50. The first-order valence-electron chi connectivity index (χ1n) is 19.9. The summed E-state index contributed by atoms with van der Waals surface area (Å²) in [6.07, 6.45) is 0. The molecule has 0 radical (unpaired) electrons. The molecule has 0 aliphatic heterocycles. The SMILES string of the molecule is Cc1ccc(N(c2ccc(C)cc2)c2ccc3c(ccc4c5ccc6oc7c8ccc(N(c9ccc(C)cc9)c9ccc(C)cc9)cc8ccc7c6c5oc34)c2)cc1. The van der Waals surface area contributed by atoms with Gasteiger partial charge in [-0.2, -0.15) is 0 Å². The molecule has 0 saturated heterocycles. The standard InChI is InChI=1S/C54H40N2O2/c1-33-5-15-39(16-6-33)55(40-17-7-34(2)8-18-40)43-23-27-45-37(31-43)13-25-47-48-29-30-50-51(54(48)58-52(45)47)49-26-14-38-32-44(24-28-46(38)53(49)57-50)56(41-19-9-35(3)10-20-41)42-21-11-36(4)12-22-42/h5-32H,1-4H3. The van der Waals surface area contributed by atoms with Gasteiger partial charge in [-0.25, -0.2) is 0 Å². The van der Waals surface area contributed by atoms with Crippen LogP contribution >= 0.6 is 0 Å². The predicted molar refractivity (Wildman–Crippen MR) is 244 cm³/mol. The number of benzene rings is 9. The van der Waals surface area contributed by atoms with E-state index in [4.69, 9.17) is 8.83 Å². The van der Waals surface area contributed by atoms with E-state index < -0.39 is 0 Å². The van der Waals surface area contributed by atoms with Gasteiger partial charge in [0.1, 0.15) is 22.3 Å². The molecule has 11 rings (SSSR count). The van der Waals surface area contributed by atoms with Crippen molar-refractivity contribution in [3.8, 4) is 0 Å². The van der Waals surface area contributed by atoms with Gasteiger partial charge in [0.05, 0.1) is 5.39 Å². The van der Waals surface area contributed by atoms with Crippen LogP contribution < -0.4 is 9.80 Å². The Labute approximate surface area is 336 Å². The number of aryl methyl sites for hydroxylation is 4. The Morgan fingerprint density at radius 2 is 0.638 bits per heavy atom. The highest BCUT2D eigenvalue weighted by atomic mass is 16.3. The maximum Gasteiger partial charge on any atom is 0.147 e. The van der Waals surface area contributed by atoms with Gasteiger partial charge in [0.15, 0.2) is 0 Å². The van der Waals surface area contributed by atoms with Gasteiger partial charge in [-0.3, -0.25) is 0 Å². The largest absolute Gasteiger partial charge is 0.455 e. The summed E-state index contributed by atoms with van der Waals surface area (Å²) < 4.78 is 13.7. The first-order valence-corrected chi connectivity index (χ1v) is 19.9. The minimum absolute atomic E-state index is 0.817. The zero-order chi connectivity index (χ0) is 39.1. The van der Waals surface area contributed by atoms with Gasteiger partial charge in [0.2, 0.25) is 0 Å². The van der Waals surface area contributed by atoms with Crippen molar-refractivity contribution in [2.45, 2.75) is 27.7 Å². The first kappa shape index (κ1) is 34.0. The smallest absolute Gasteiger partial charge is 0.147 e. The minimum atomic E-state index is 0.817. The van der Waals surface area contributed by atoms with Crippen molar-refractivity contribution in [3.05, 3.63) is 192 Å². The van der Waals surface area contributed by atoms with E-state index in [1.165, 1.54) is 22.3 Å². The summed E-state index contributed by atoms with van der Waals surface area (Å²) in [5.74, 6) is 0. The van der Waals surface area contributed by atoms with Crippen molar-refractivity contribution in [1.82, 2.24) is 0 Å². The molecule has 0 spiro atoms. The molecule has 0 aliphatic rings. The number of anilines is 6. The van der Waals surface area contributed by atoms with Gasteiger partial charge in [-0.1, -0.05) is 82.9 Å². The van der Waals surface area contributed by atoms with Crippen LogP contribution in [0.4, 0.5) is 34.1 Å². The Bertz CT molecular complexity index is 3260. The van der Waals surface area contributed by atoms with E-state index >= 15 is 0 Å². The van der Waals surface area contributed by atoms with Crippen molar-refractivity contribution in [3.63, 3.8) is 0 Å². The number of hydrogen-bond acceptors (Lipinski definition) is 4. The van der Waals surface area contributed by atoms with Gasteiger partial charge >= 0.3 is 0 Å². The van der Waals surface area contributed by atoms with Crippen molar-refractivity contribution in [1.29, 1.82) is 0 Å². The molecule has 11 aromatic rings. The molecule has 4 nitrogen and oxygen atoms in total. The third-order valence-electron chi connectivity index (χ3n) is 11.7. The van der Waals surface area contributed by atoms with E-state index in [0.29, 0.717) is 0 Å². The number of nitrogens with zero attached hydrogens (tertiary/aromatic N) is 2. The third-order valence-corrected chi connectivity index (χ3v) is 11.7. The number of hydrogen-bond donors (Lipinski definition) is 0. The van der Waals surface area contributed by atoms with Crippen LogP contribution in [0.1, 0.15) is 22.3 Å². The lowest BCUT2D eigenvalue weighted by Gasteiger charge is -2.26. The molecule has 0 bridgehead atoms. The average Bonchev–Trinajstić information content (AvgIpc) is 3.83. The van der Waals surface area contributed by atoms with E-state index in [1.54, 1.807) is 0 Å². The Balaban J connectivity index is 1.04. The molecule has 0 saturated carbocycles. The summed E-state index contributed by atoms with van der Waals surface area (Å²) >= 11 is 0. The lowest BCUT2D eigenvalue weighted by Crippen LogP contribution is -2.09. The van der Waals surface area contributed by atoms with Crippen LogP contribution in [0.25, 0.3) is 65.4 Å². The van der Waals surface area contributed by atoms with Crippen LogP contribution in [0.15, 0.2) is 179 Å². The zero-order valence-corrected chi connectivity index (χ0v) is 32.9. The quantitative estimate of drug-likeness (QED) is 0.170. The number of rotatable bonds is 6. The number of fused-ring (bicyclic) bond motifs is 11. The minimum Gasteiger partial charge on any atom is -0.455 e. The Kier molecular flexibility index (Phi) is 7.70. The van der Waals surface area contributed by atoms with Crippen LogP contribution in [0.2, 0.25) is 0 Å². The molecule has 0 amide bonds. The van der Waals surface area contributed by atoms with Crippen LogP contribution in [0.3, 0.4) is 0 Å². The molecule has 2 aromatic heterocycles. The van der Waals surface area contributed by atoms with Crippen molar-refractivity contribution >= 4 is 99.5 Å². The summed E-state index contributed by atoms with van der Waals surface area (Å²) in [4.78, 5) is 4.63. The van der Waals surface area contributed by atoms with Gasteiger partial charge in [-0.15, -0.1) is 0 Å². The monoisotopic (exact) mass is 748 g/mol. The molecule has 4 heteroatoms. The van der Waals surface area contributed by atoms with E-state index in [9.17, 15) is 0 Å². The molecular weight excluding hydrogens is 709 g/mol. The van der Waals surface area contributed by atoms with E-state index in [-0.39, 0.29) is 0 Å². The second kappa shape index (κ2) is 13.1. The van der Waals surface area contributed by atoms with E-state index in [0.717, 1.165) is 99.5 Å². The predicted octanol–water partition coefficient (Wildman–Crippen LogP) is 16.0. The maximum absolute atomic E-state index is 6.94. The Morgan fingerprint density at radius 3 is 1.09 bits per heavy atom. The molecular formula is C54H40N2O2. The van der Waals surface area contributed by atoms with E-state index in [1.807, 2.05) is 0 Å². The highest BCUT2D eigenvalue weighted by Crippen LogP contribution is 2.45. The van der Waals surface area contributed by atoms with Crippen molar-refractivity contribution < 1.29 is 8.83 Å². The second-order valence-electron chi connectivity index (χ2n) is 15.7. The fourth-order valence-corrected chi connectivity index (χ4v) is 8.59. The zero-order valence-electron chi connectivity index (χ0n) is 32.9. The normalized spacial score (nSPS) is 11.8. The average molecular weight is 749 g/mol. The highest BCUT2D eigenvalue weighted by Gasteiger charge is 2.21. The Morgan fingerprint density at radius 1 is 0.293 bits per heavy atom. The fraction of sp³-hybridized carbons (Fsp3) is 0.0741. The second-order valence-corrected chi connectivity index (χ2v) is 15.7. The maximum atomic E-state index is 6.94. The summed E-state index contributed by atoms with van der Waals surface area (Å²) in [7, 11) is 0. The molecule has 278 valence electrons. The van der Waals surface area contributed by atoms with Crippen LogP contribution in [-0.2, 0) is 0 Å². The first-order chi connectivity index (χ1) is 28.4. The molecule has 0 fully saturated rings. The van der Waals surface area contributed by atoms with Crippen molar-refractivity contribution in [2.75, 3.05) is 9.80 Å². The van der Waals surface area contributed by atoms with Gasteiger partial charge in [0.25, 0.3) is 0 Å². The molecule has 0 unspecified atom stereocenters. The van der Waals surface area contributed by atoms with Crippen LogP contribution in [0, 0.1) is 27.7 Å². The lowest BCUT2D eigenvalue weighted by atomic mass is 10.0. The molecule has 58 heavy (non-hydrogen) atoms. The molecule has 9 aromatic carbocycles. The Hall–Kier alpha value is -7.30. The lowest BCUT2D eigenvalue weighted by molar-refractivity contribution is 0.666. The molecule has 0 atom stereocenters. The molecule has 2 heterocycles. The van der Waals surface area contributed by atoms with E-state index in [2.05, 4.69) is 207 Å². The van der Waals surface area contributed by atoms with Crippen LogP contribution in [-0.4, -0.2) is 0 Å². The number of furan rings is 2.